The first-order chi connectivity index (χ1) is 8.72. The van der Waals surface area contributed by atoms with Crippen LogP contribution < -0.4 is 16.6 Å². The summed E-state index contributed by atoms with van der Waals surface area (Å²) >= 11 is 5.02. The Morgan fingerprint density at radius 1 is 1.33 bits per heavy atom. The summed E-state index contributed by atoms with van der Waals surface area (Å²) < 4.78 is 1.01. The predicted molar refractivity (Wildman–Crippen MR) is 77.4 cm³/mol. The number of nitrogen functional groups attached to an aromatic ring is 1. The van der Waals surface area contributed by atoms with Crippen LogP contribution >= 0.6 is 27.3 Å². The quantitative estimate of drug-likeness (QED) is 0.598. The molecule has 0 saturated heterocycles. The van der Waals surface area contributed by atoms with E-state index in [0.29, 0.717) is 17.8 Å². The van der Waals surface area contributed by atoms with Gasteiger partial charge in [-0.2, -0.15) is 0 Å². The molecule has 1 heterocycles. The van der Waals surface area contributed by atoms with E-state index >= 15 is 0 Å². The number of nitrogens with two attached hydrogens (primary N) is 1. The largest absolute Gasteiger partial charge is 0.347 e. The van der Waals surface area contributed by atoms with Gasteiger partial charge >= 0.3 is 0 Å². The number of hydrazine groups is 1. The molecule has 4 N–H and O–H groups in total. The first kappa shape index (κ1) is 13.1. The zero-order chi connectivity index (χ0) is 13.0. The van der Waals surface area contributed by atoms with Crippen molar-refractivity contribution in [2.75, 3.05) is 5.43 Å². The highest BCUT2D eigenvalue weighted by Crippen LogP contribution is 2.22. The highest BCUT2D eigenvalue weighted by Gasteiger charge is 2.10. The Bertz CT molecular complexity index is 556. The maximum absolute atomic E-state index is 12.0. The van der Waals surface area contributed by atoms with Crippen LogP contribution in [-0.4, -0.2) is 5.91 Å². The van der Waals surface area contributed by atoms with Gasteiger partial charge in [-0.3, -0.25) is 10.6 Å². The van der Waals surface area contributed by atoms with E-state index in [-0.39, 0.29) is 5.91 Å². The molecule has 1 amide bonds. The number of hydrogen-bond acceptors (Lipinski definition) is 4. The predicted octanol–water partition coefficient (Wildman–Crippen LogP) is 2.73. The van der Waals surface area contributed by atoms with Gasteiger partial charge in [0.25, 0.3) is 5.91 Å². The molecule has 0 spiro atoms. The Morgan fingerprint density at radius 2 is 2.11 bits per heavy atom. The van der Waals surface area contributed by atoms with Gasteiger partial charge in [0.2, 0.25) is 0 Å². The number of carbonyl (C=O) groups is 1. The summed E-state index contributed by atoms with van der Waals surface area (Å²) in [6, 6.07) is 9.07. The zero-order valence-electron chi connectivity index (χ0n) is 9.44. The molecule has 1 aromatic heterocycles. The van der Waals surface area contributed by atoms with Crippen molar-refractivity contribution < 1.29 is 4.79 Å². The third-order valence-electron chi connectivity index (χ3n) is 2.43. The third kappa shape index (κ3) is 2.90. The Kier molecular flexibility index (Phi) is 4.35. The van der Waals surface area contributed by atoms with Crippen LogP contribution in [0.15, 0.2) is 40.2 Å². The van der Waals surface area contributed by atoms with E-state index in [1.165, 1.54) is 0 Å². The number of hydrogen-bond donors (Lipinski definition) is 3. The van der Waals surface area contributed by atoms with Crippen molar-refractivity contribution in [1.29, 1.82) is 0 Å². The minimum Gasteiger partial charge on any atom is -0.347 e. The highest BCUT2D eigenvalue weighted by atomic mass is 79.9. The second kappa shape index (κ2) is 5.99. The summed E-state index contributed by atoms with van der Waals surface area (Å²) in [5.74, 6) is 5.22. The molecule has 6 heteroatoms. The van der Waals surface area contributed by atoms with Gasteiger partial charge in [0.15, 0.2) is 0 Å². The van der Waals surface area contributed by atoms with Gasteiger partial charge in [0.1, 0.15) is 0 Å². The van der Waals surface area contributed by atoms with Gasteiger partial charge in [0.05, 0.1) is 17.8 Å². The van der Waals surface area contributed by atoms with Crippen LogP contribution in [0.1, 0.15) is 15.2 Å². The summed E-state index contributed by atoms with van der Waals surface area (Å²) in [7, 11) is 0. The SMILES string of the molecule is NNc1ccccc1C(=O)NCc1sccc1Br. The number of nitrogens with one attached hydrogen (secondary N) is 2. The minimum absolute atomic E-state index is 0.149. The summed E-state index contributed by atoms with van der Waals surface area (Å²) in [4.78, 5) is 13.1. The van der Waals surface area contributed by atoms with E-state index in [9.17, 15) is 4.79 Å². The van der Waals surface area contributed by atoms with Gasteiger partial charge in [-0.1, -0.05) is 12.1 Å². The van der Waals surface area contributed by atoms with Crippen LogP contribution in [0.25, 0.3) is 0 Å². The van der Waals surface area contributed by atoms with E-state index in [4.69, 9.17) is 5.84 Å². The molecule has 0 saturated carbocycles. The van der Waals surface area contributed by atoms with Crippen molar-refractivity contribution in [3.63, 3.8) is 0 Å². The number of rotatable bonds is 4. The molecule has 0 aliphatic rings. The second-order valence-electron chi connectivity index (χ2n) is 3.56. The molecule has 0 aliphatic heterocycles. The Hall–Kier alpha value is -1.37. The lowest BCUT2D eigenvalue weighted by Crippen LogP contribution is -2.24. The number of halogens is 1. The summed E-state index contributed by atoms with van der Waals surface area (Å²) in [6.07, 6.45) is 0. The fraction of sp³-hybridized carbons (Fsp3) is 0.0833. The Morgan fingerprint density at radius 3 is 2.78 bits per heavy atom. The van der Waals surface area contributed by atoms with Crippen molar-refractivity contribution in [3.05, 3.63) is 50.6 Å². The fourth-order valence-corrected chi connectivity index (χ4v) is 2.95. The fourth-order valence-electron chi connectivity index (χ4n) is 1.51. The number of amides is 1. The topological polar surface area (TPSA) is 67.1 Å². The average molecular weight is 326 g/mol. The van der Waals surface area contributed by atoms with E-state index < -0.39 is 0 Å². The lowest BCUT2D eigenvalue weighted by atomic mass is 10.1. The standard InChI is InChI=1S/C12H12BrN3OS/c13-9-5-6-18-11(9)7-15-12(17)8-3-1-2-4-10(8)16-14/h1-6,16H,7,14H2,(H,15,17). The molecule has 2 rings (SSSR count). The smallest absolute Gasteiger partial charge is 0.253 e. The minimum atomic E-state index is -0.149. The van der Waals surface area contributed by atoms with E-state index in [0.717, 1.165) is 9.35 Å². The first-order valence-corrected chi connectivity index (χ1v) is 6.95. The lowest BCUT2D eigenvalue weighted by molar-refractivity contribution is 0.0952. The van der Waals surface area contributed by atoms with Crippen LogP contribution in [0.3, 0.4) is 0 Å². The molecule has 0 atom stereocenters. The molecule has 0 fully saturated rings. The van der Waals surface area contributed by atoms with E-state index in [1.807, 2.05) is 17.5 Å². The van der Waals surface area contributed by atoms with Crippen LogP contribution in [0, 0.1) is 0 Å². The third-order valence-corrected chi connectivity index (χ3v) is 4.35. The molecule has 4 nitrogen and oxygen atoms in total. The maximum Gasteiger partial charge on any atom is 0.253 e. The molecule has 0 unspecified atom stereocenters. The van der Waals surface area contributed by atoms with Crippen molar-refractivity contribution in [2.45, 2.75) is 6.54 Å². The molecule has 1 aromatic carbocycles. The average Bonchev–Trinajstić information content (AvgIpc) is 2.81. The van der Waals surface area contributed by atoms with E-state index in [1.54, 1.807) is 29.5 Å². The summed E-state index contributed by atoms with van der Waals surface area (Å²) in [6.45, 7) is 0.496. The lowest BCUT2D eigenvalue weighted by Gasteiger charge is -2.08. The van der Waals surface area contributed by atoms with Crippen molar-refractivity contribution in [1.82, 2.24) is 5.32 Å². The van der Waals surface area contributed by atoms with Crippen LogP contribution in [0.2, 0.25) is 0 Å². The molecule has 2 aromatic rings. The van der Waals surface area contributed by atoms with Gasteiger partial charge < -0.3 is 10.7 Å². The van der Waals surface area contributed by atoms with Gasteiger partial charge in [0, 0.05) is 9.35 Å². The highest BCUT2D eigenvalue weighted by molar-refractivity contribution is 9.10. The van der Waals surface area contributed by atoms with Crippen LogP contribution in [0.4, 0.5) is 5.69 Å². The molecule has 0 radical (unpaired) electrons. The molecular weight excluding hydrogens is 314 g/mol. The molecule has 0 aliphatic carbocycles. The first-order valence-electron chi connectivity index (χ1n) is 5.28. The molecule has 0 bridgehead atoms. The second-order valence-corrected chi connectivity index (χ2v) is 5.42. The van der Waals surface area contributed by atoms with Crippen molar-refractivity contribution >= 4 is 38.9 Å². The number of benzene rings is 1. The molecule has 94 valence electrons. The van der Waals surface area contributed by atoms with E-state index in [2.05, 4.69) is 26.7 Å². The molecular formula is C12H12BrN3OS. The maximum atomic E-state index is 12.0. The number of anilines is 1. The van der Waals surface area contributed by atoms with Crippen molar-refractivity contribution in [2.24, 2.45) is 5.84 Å². The van der Waals surface area contributed by atoms with Gasteiger partial charge in [-0.25, -0.2) is 0 Å². The Balaban J connectivity index is 2.06. The van der Waals surface area contributed by atoms with Crippen molar-refractivity contribution in [3.8, 4) is 0 Å². The monoisotopic (exact) mass is 325 g/mol. The van der Waals surface area contributed by atoms with Crippen LogP contribution in [0.5, 0.6) is 0 Å². The Labute approximate surface area is 117 Å². The number of carbonyl (C=O) groups excluding carboxylic acids is 1. The summed E-state index contributed by atoms with van der Waals surface area (Å²) in [5.41, 5.74) is 3.66. The normalized spacial score (nSPS) is 10.1. The van der Waals surface area contributed by atoms with Gasteiger partial charge in [-0.05, 0) is 39.5 Å². The summed E-state index contributed by atoms with van der Waals surface area (Å²) in [5, 5.41) is 4.84. The number of thiophene rings is 1. The number of para-hydroxylation sites is 1. The van der Waals surface area contributed by atoms with Crippen LogP contribution in [-0.2, 0) is 6.54 Å². The zero-order valence-corrected chi connectivity index (χ0v) is 11.8. The van der Waals surface area contributed by atoms with Gasteiger partial charge in [-0.15, -0.1) is 11.3 Å². The molecule has 18 heavy (non-hydrogen) atoms.